The Balaban J connectivity index is 2.03. The highest BCUT2D eigenvalue weighted by Gasteiger charge is 2.46. The van der Waals surface area contributed by atoms with Gasteiger partial charge in [-0.2, -0.15) is 0 Å². The lowest BCUT2D eigenvalue weighted by atomic mass is 9.67. The Kier molecular flexibility index (Phi) is 3.22. The molecule has 4 nitrogen and oxygen atoms in total. The van der Waals surface area contributed by atoms with Crippen molar-refractivity contribution in [1.82, 2.24) is 4.90 Å². The Bertz CT molecular complexity index is 261. The second kappa shape index (κ2) is 4.34. The van der Waals surface area contributed by atoms with Crippen LogP contribution < -0.4 is 5.73 Å². The Morgan fingerprint density at radius 3 is 2.31 bits per heavy atom. The zero-order valence-corrected chi connectivity index (χ0v) is 10.2. The van der Waals surface area contributed by atoms with Gasteiger partial charge in [-0.1, -0.05) is 6.42 Å². The lowest BCUT2D eigenvalue weighted by molar-refractivity contribution is -0.158. The third-order valence-corrected chi connectivity index (χ3v) is 3.86. The summed E-state index contributed by atoms with van der Waals surface area (Å²) in [4.78, 5) is 14.4. The average Bonchev–Trinajstić information content (AvgIpc) is 2.15. The van der Waals surface area contributed by atoms with Gasteiger partial charge in [-0.05, 0) is 26.7 Å². The molecule has 4 heteroatoms. The molecule has 2 N–H and O–H groups in total. The van der Waals surface area contributed by atoms with Crippen molar-refractivity contribution in [3.05, 3.63) is 0 Å². The molecule has 1 saturated heterocycles. The van der Waals surface area contributed by atoms with Gasteiger partial charge in [-0.15, -0.1) is 0 Å². The number of ether oxygens (including phenoxy) is 1. The van der Waals surface area contributed by atoms with Crippen molar-refractivity contribution < 1.29 is 9.53 Å². The van der Waals surface area contributed by atoms with E-state index in [0.717, 1.165) is 19.3 Å². The van der Waals surface area contributed by atoms with Gasteiger partial charge in [-0.25, -0.2) is 0 Å². The van der Waals surface area contributed by atoms with Gasteiger partial charge < -0.3 is 15.4 Å². The Morgan fingerprint density at radius 1 is 1.38 bits per heavy atom. The first-order valence-electron chi connectivity index (χ1n) is 6.22. The molecule has 0 spiro atoms. The molecule has 1 saturated carbocycles. The Labute approximate surface area is 97.1 Å². The summed E-state index contributed by atoms with van der Waals surface area (Å²) >= 11 is 0. The van der Waals surface area contributed by atoms with Crippen molar-refractivity contribution in [2.24, 2.45) is 11.1 Å². The van der Waals surface area contributed by atoms with Gasteiger partial charge in [0, 0.05) is 19.6 Å². The van der Waals surface area contributed by atoms with E-state index in [1.54, 1.807) is 0 Å². The predicted octanol–water partition coefficient (Wildman–Crippen LogP) is 0.751. The maximum atomic E-state index is 12.4. The summed E-state index contributed by atoms with van der Waals surface area (Å²) in [6, 6.07) is 0. The van der Waals surface area contributed by atoms with Gasteiger partial charge in [0.25, 0.3) is 0 Å². The van der Waals surface area contributed by atoms with Crippen LogP contribution in [0.5, 0.6) is 0 Å². The Morgan fingerprint density at radius 2 is 1.94 bits per heavy atom. The molecule has 0 aromatic carbocycles. The van der Waals surface area contributed by atoms with Crippen LogP contribution in [0, 0.1) is 5.41 Å². The van der Waals surface area contributed by atoms with Gasteiger partial charge >= 0.3 is 0 Å². The van der Waals surface area contributed by atoms with E-state index in [9.17, 15) is 4.79 Å². The number of amides is 1. The maximum Gasteiger partial charge on any atom is 0.230 e. The van der Waals surface area contributed by atoms with Gasteiger partial charge in [-0.3, -0.25) is 4.79 Å². The number of rotatable bonds is 2. The molecule has 16 heavy (non-hydrogen) atoms. The van der Waals surface area contributed by atoms with Crippen LogP contribution in [0.15, 0.2) is 0 Å². The summed E-state index contributed by atoms with van der Waals surface area (Å²) in [7, 11) is 0. The predicted molar refractivity (Wildman–Crippen MR) is 61.9 cm³/mol. The number of nitrogens with zero attached hydrogens (tertiary/aromatic N) is 1. The van der Waals surface area contributed by atoms with Crippen LogP contribution in [0.4, 0.5) is 0 Å². The van der Waals surface area contributed by atoms with Crippen molar-refractivity contribution in [2.45, 2.75) is 45.3 Å². The highest BCUT2D eigenvalue weighted by Crippen LogP contribution is 2.41. The topological polar surface area (TPSA) is 55.6 Å². The third-order valence-electron chi connectivity index (χ3n) is 3.86. The van der Waals surface area contributed by atoms with E-state index in [4.69, 9.17) is 10.5 Å². The first-order valence-corrected chi connectivity index (χ1v) is 6.22. The minimum atomic E-state index is -0.239. The summed E-state index contributed by atoms with van der Waals surface area (Å²) < 4.78 is 5.64. The van der Waals surface area contributed by atoms with Crippen LogP contribution in [0.2, 0.25) is 0 Å². The first kappa shape index (κ1) is 11.9. The van der Waals surface area contributed by atoms with Crippen LogP contribution in [0.1, 0.15) is 33.1 Å². The molecule has 92 valence electrons. The quantitative estimate of drug-likeness (QED) is 0.756. The average molecular weight is 226 g/mol. The van der Waals surface area contributed by atoms with Crippen molar-refractivity contribution in [3.8, 4) is 0 Å². The van der Waals surface area contributed by atoms with Crippen LogP contribution in [-0.2, 0) is 9.53 Å². The molecule has 0 radical (unpaired) electrons. The minimum Gasteiger partial charge on any atom is -0.372 e. The van der Waals surface area contributed by atoms with Crippen LogP contribution >= 0.6 is 0 Å². The SMILES string of the molecule is C[C@@H]1CN(C(=O)C2(CN)CCC2)C[C@H](C)O1. The fraction of sp³-hybridized carbons (Fsp3) is 0.917. The normalized spacial score (nSPS) is 33.3. The van der Waals surface area contributed by atoms with E-state index < -0.39 is 0 Å². The fourth-order valence-corrected chi connectivity index (χ4v) is 2.79. The zero-order chi connectivity index (χ0) is 11.8. The van der Waals surface area contributed by atoms with E-state index in [1.807, 2.05) is 18.7 Å². The highest BCUT2D eigenvalue weighted by molar-refractivity contribution is 5.84. The lowest BCUT2D eigenvalue weighted by Crippen LogP contribution is -2.57. The van der Waals surface area contributed by atoms with E-state index >= 15 is 0 Å². The largest absolute Gasteiger partial charge is 0.372 e. The van der Waals surface area contributed by atoms with Gasteiger partial charge in [0.15, 0.2) is 0 Å². The van der Waals surface area contributed by atoms with Crippen molar-refractivity contribution >= 4 is 5.91 Å². The van der Waals surface area contributed by atoms with Crippen molar-refractivity contribution in [1.29, 1.82) is 0 Å². The zero-order valence-electron chi connectivity index (χ0n) is 10.2. The monoisotopic (exact) mass is 226 g/mol. The molecule has 0 bridgehead atoms. The summed E-state index contributed by atoms with van der Waals surface area (Å²) in [5, 5.41) is 0. The van der Waals surface area contributed by atoms with Crippen molar-refractivity contribution in [2.75, 3.05) is 19.6 Å². The molecule has 2 rings (SSSR count). The second-order valence-electron chi connectivity index (χ2n) is 5.31. The lowest BCUT2D eigenvalue weighted by Gasteiger charge is -2.45. The molecule has 2 aliphatic rings. The molecule has 2 atom stereocenters. The fourth-order valence-electron chi connectivity index (χ4n) is 2.79. The van der Waals surface area contributed by atoms with Crippen molar-refractivity contribution in [3.63, 3.8) is 0 Å². The molecule has 1 amide bonds. The number of morpholine rings is 1. The first-order chi connectivity index (χ1) is 7.57. The van der Waals surface area contributed by atoms with E-state index in [0.29, 0.717) is 19.6 Å². The molecule has 0 unspecified atom stereocenters. The van der Waals surface area contributed by atoms with Crippen LogP contribution in [0.25, 0.3) is 0 Å². The molecule has 1 aliphatic heterocycles. The Hall–Kier alpha value is -0.610. The number of carbonyl (C=O) groups is 1. The molecular formula is C12H22N2O2. The van der Waals surface area contributed by atoms with Gasteiger partial charge in [0.1, 0.15) is 0 Å². The van der Waals surface area contributed by atoms with Crippen LogP contribution in [-0.4, -0.2) is 42.6 Å². The summed E-state index contributed by atoms with van der Waals surface area (Å²) in [6.45, 7) is 5.96. The second-order valence-corrected chi connectivity index (χ2v) is 5.31. The molecular weight excluding hydrogens is 204 g/mol. The summed E-state index contributed by atoms with van der Waals surface area (Å²) in [6.07, 6.45) is 3.34. The smallest absolute Gasteiger partial charge is 0.230 e. The number of hydrogen-bond donors (Lipinski definition) is 1. The van der Waals surface area contributed by atoms with Crippen LogP contribution in [0.3, 0.4) is 0 Å². The molecule has 1 heterocycles. The minimum absolute atomic E-state index is 0.141. The van der Waals surface area contributed by atoms with E-state index in [2.05, 4.69) is 0 Å². The standard InChI is InChI=1S/C12H22N2O2/c1-9-6-14(7-10(2)16-9)11(15)12(8-13)4-3-5-12/h9-10H,3-8,13H2,1-2H3/t9-,10+. The van der Waals surface area contributed by atoms with E-state index in [1.165, 1.54) is 0 Å². The van der Waals surface area contributed by atoms with Gasteiger partial charge in [0.2, 0.25) is 5.91 Å². The highest BCUT2D eigenvalue weighted by atomic mass is 16.5. The van der Waals surface area contributed by atoms with Gasteiger partial charge in [0.05, 0.1) is 17.6 Å². The summed E-state index contributed by atoms with van der Waals surface area (Å²) in [5.41, 5.74) is 5.53. The summed E-state index contributed by atoms with van der Waals surface area (Å²) in [5.74, 6) is 0.253. The maximum absolute atomic E-state index is 12.4. The molecule has 0 aromatic rings. The van der Waals surface area contributed by atoms with E-state index in [-0.39, 0.29) is 23.5 Å². The molecule has 1 aliphatic carbocycles. The third kappa shape index (κ3) is 1.96. The molecule has 0 aromatic heterocycles. The number of hydrogen-bond acceptors (Lipinski definition) is 3. The molecule has 2 fully saturated rings. The number of carbonyl (C=O) groups excluding carboxylic acids is 1. The number of nitrogens with two attached hydrogens (primary N) is 1.